The monoisotopic (exact) mass is 218 g/mol. The Kier molecular flexibility index (Phi) is 9.52. The minimum absolute atomic E-state index is 0.368. The number of aliphatic hydroxyl groups excluding tert-OH is 1. The van der Waals surface area contributed by atoms with E-state index in [2.05, 4.69) is 11.8 Å². The van der Waals surface area contributed by atoms with Crippen LogP contribution < -0.4 is 0 Å². The van der Waals surface area contributed by atoms with Crippen LogP contribution in [0.3, 0.4) is 0 Å². The van der Waals surface area contributed by atoms with Crippen LogP contribution in [0.1, 0.15) is 58.3 Å². The van der Waals surface area contributed by atoms with Gasteiger partial charge in [0.15, 0.2) is 6.10 Å². The van der Waals surface area contributed by atoms with Crippen molar-refractivity contribution in [3.63, 3.8) is 0 Å². The fourth-order valence-corrected chi connectivity index (χ4v) is 1.47. The van der Waals surface area contributed by atoms with E-state index in [1.54, 1.807) is 0 Å². The second kappa shape index (κ2) is 9.93. The summed E-state index contributed by atoms with van der Waals surface area (Å²) in [5, 5.41) is 17.1. The molecule has 0 aromatic rings. The fourth-order valence-electron chi connectivity index (χ4n) is 1.47. The van der Waals surface area contributed by atoms with Crippen molar-refractivity contribution >= 4 is 5.97 Å². The first-order valence-electron chi connectivity index (χ1n) is 5.75. The summed E-state index contributed by atoms with van der Waals surface area (Å²) in [6.07, 6.45) is 7.13. The predicted octanol–water partition coefficient (Wildman–Crippen LogP) is 2.50. The zero-order chi connectivity index (χ0) is 11.5. The molecule has 15 heavy (non-hydrogen) atoms. The van der Waals surface area contributed by atoms with Crippen LogP contribution in [-0.2, 0) is 9.68 Å². The summed E-state index contributed by atoms with van der Waals surface area (Å²) in [5.41, 5.74) is 0. The van der Waals surface area contributed by atoms with E-state index < -0.39 is 12.1 Å². The fraction of sp³-hybridized carbons (Fsp3) is 0.909. The van der Waals surface area contributed by atoms with E-state index in [0.717, 1.165) is 19.3 Å². The molecule has 0 fully saturated rings. The molecule has 0 rings (SSSR count). The molecule has 0 bridgehead atoms. The van der Waals surface area contributed by atoms with Crippen molar-refractivity contribution in [3.05, 3.63) is 0 Å². The summed E-state index contributed by atoms with van der Waals surface area (Å²) in [6, 6.07) is 0. The zero-order valence-corrected chi connectivity index (χ0v) is 9.45. The van der Waals surface area contributed by atoms with Crippen LogP contribution in [0.5, 0.6) is 0 Å². The molecule has 1 unspecified atom stereocenters. The van der Waals surface area contributed by atoms with Gasteiger partial charge in [-0.25, -0.2) is 4.79 Å². The van der Waals surface area contributed by atoms with Gasteiger partial charge in [0.1, 0.15) is 0 Å². The second-order valence-corrected chi connectivity index (χ2v) is 3.84. The van der Waals surface area contributed by atoms with Gasteiger partial charge >= 0.3 is 5.97 Å². The highest BCUT2D eigenvalue weighted by molar-refractivity contribution is 5.73. The van der Waals surface area contributed by atoms with E-state index in [0.29, 0.717) is 6.42 Å². The van der Waals surface area contributed by atoms with Crippen LogP contribution in [0.4, 0.5) is 0 Å². The molecule has 0 spiro atoms. The maximum Gasteiger partial charge on any atom is 0.370 e. The first-order chi connectivity index (χ1) is 7.22. The highest BCUT2D eigenvalue weighted by Crippen LogP contribution is 2.10. The van der Waals surface area contributed by atoms with Gasteiger partial charge in [-0.05, 0) is 6.42 Å². The van der Waals surface area contributed by atoms with Crippen molar-refractivity contribution in [3.8, 4) is 0 Å². The maximum absolute atomic E-state index is 10.6. The van der Waals surface area contributed by atoms with Crippen LogP contribution >= 0.6 is 0 Å². The van der Waals surface area contributed by atoms with Gasteiger partial charge in [0.25, 0.3) is 0 Å². The van der Waals surface area contributed by atoms with Gasteiger partial charge in [0.2, 0.25) is 0 Å². The molecular formula is C11H22O4. The SMILES string of the molecule is CCCCCCCCCC(O)C(=O)OO. The highest BCUT2D eigenvalue weighted by Gasteiger charge is 2.15. The quantitative estimate of drug-likeness (QED) is 0.354. The summed E-state index contributed by atoms with van der Waals surface area (Å²) in [6.45, 7) is 2.18. The average molecular weight is 218 g/mol. The van der Waals surface area contributed by atoms with Gasteiger partial charge < -0.3 is 5.11 Å². The molecule has 4 nitrogen and oxygen atoms in total. The van der Waals surface area contributed by atoms with E-state index in [1.165, 1.54) is 25.7 Å². The van der Waals surface area contributed by atoms with Gasteiger partial charge in [-0.2, -0.15) is 5.26 Å². The molecule has 0 aromatic heterocycles. The molecule has 1 atom stereocenters. The number of rotatable bonds is 9. The number of carbonyl (C=O) groups is 1. The maximum atomic E-state index is 10.6. The minimum atomic E-state index is -1.18. The van der Waals surface area contributed by atoms with E-state index in [1.807, 2.05) is 0 Å². The van der Waals surface area contributed by atoms with Crippen LogP contribution in [0.2, 0.25) is 0 Å². The first kappa shape index (κ1) is 14.4. The largest absolute Gasteiger partial charge is 0.381 e. The van der Waals surface area contributed by atoms with Crippen molar-refractivity contribution in [1.29, 1.82) is 0 Å². The molecule has 0 radical (unpaired) electrons. The average Bonchev–Trinajstić information content (AvgIpc) is 2.26. The molecule has 0 heterocycles. The number of hydrogen-bond acceptors (Lipinski definition) is 4. The lowest BCUT2D eigenvalue weighted by atomic mass is 10.1. The standard InChI is InChI=1S/C11H22O4/c1-2-3-4-5-6-7-8-9-10(12)11(13)15-14/h10,12,14H,2-9H2,1H3. The Labute approximate surface area is 91.2 Å². The molecule has 2 N–H and O–H groups in total. The Morgan fingerprint density at radius 2 is 1.67 bits per heavy atom. The summed E-state index contributed by atoms with van der Waals surface area (Å²) in [5.74, 6) is -0.957. The van der Waals surface area contributed by atoms with Crippen LogP contribution in [0, 0.1) is 0 Å². The summed E-state index contributed by atoms with van der Waals surface area (Å²) < 4.78 is 0. The Morgan fingerprint density at radius 1 is 1.13 bits per heavy atom. The lowest BCUT2D eigenvalue weighted by molar-refractivity contribution is -0.242. The lowest BCUT2D eigenvalue weighted by Gasteiger charge is -2.06. The molecule has 0 aliphatic carbocycles. The van der Waals surface area contributed by atoms with Crippen LogP contribution in [0.15, 0.2) is 0 Å². The van der Waals surface area contributed by atoms with Gasteiger partial charge in [-0.1, -0.05) is 51.9 Å². The molecule has 90 valence electrons. The molecule has 4 heteroatoms. The smallest absolute Gasteiger partial charge is 0.370 e. The molecular weight excluding hydrogens is 196 g/mol. The van der Waals surface area contributed by atoms with Crippen molar-refractivity contribution in [2.45, 2.75) is 64.4 Å². The molecule has 0 saturated heterocycles. The van der Waals surface area contributed by atoms with E-state index in [9.17, 15) is 4.79 Å². The summed E-state index contributed by atoms with van der Waals surface area (Å²) in [4.78, 5) is 14.0. The molecule has 0 aliphatic heterocycles. The Morgan fingerprint density at radius 3 is 2.20 bits per heavy atom. The zero-order valence-electron chi connectivity index (χ0n) is 9.45. The van der Waals surface area contributed by atoms with Crippen LogP contribution in [0.25, 0.3) is 0 Å². The Hall–Kier alpha value is -0.610. The second-order valence-electron chi connectivity index (χ2n) is 3.84. The van der Waals surface area contributed by atoms with E-state index >= 15 is 0 Å². The number of hydrogen-bond donors (Lipinski definition) is 2. The van der Waals surface area contributed by atoms with Crippen molar-refractivity contribution < 1.29 is 20.0 Å². The van der Waals surface area contributed by atoms with E-state index in [-0.39, 0.29) is 0 Å². The molecule has 0 saturated carbocycles. The van der Waals surface area contributed by atoms with Crippen molar-refractivity contribution in [2.75, 3.05) is 0 Å². The molecule has 0 aliphatic rings. The molecule has 0 amide bonds. The number of unbranched alkanes of at least 4 members (excludes halogenated alkanes) is 6. The Balaban J connectivity index is 3.20. The third-order valence-electron chi connectivity index (χ3n) is 2.44. The topological polar surface area (TPSA) is 66.8 Å². The third kappa shape index (κ3) is 8.39. The van der Waals surface area contributed by atoms with Gasteiger partial charge in [-0.3, -0.25) is 4.89 Å². The summed E-state index contributed by atoms with van der Waals surface area (Å²) >= 11 is 0. The van der Waals surface area contributed by atoms with Crippen LogP contribution in [-0.4, -0.2) is 22.4 Å². The van der Waals surface area contributed by atoms with Gasteiger partial charge in [0.05, 0.1) is 0 Å². The lowest BCUT2D eigenvalue weighted by Crippen LogP contribution is -2.21. The van der Waals surface area contributed by atoms with Crippen molar-refractivity contribution in [2.24, 2.45) is 0 Å². The van der Waals surface area contributed by atoms with E-state index in [4.69, 9.17) is 10.4 Å². The summed E-state index contributed by atoms with van der Waals surface area (Å²) in [7, 11) is 0. The molecule has 0 aromatic carbocycles. The van der Waals surface area contributed by atoms with Crippen molar-refractivity contribution in [1.82, 2.24) is 0 Å². The minimum Gasteiger partial charge on any atom is -0.381 e. The predicted molar refractivity (Wildman–Crippen MR) is 57.3 cm³/mol. The number of carbonyl (C=O) groups excluding carboxylic acids is 1. The third-order valence-corrected chi connectivity index (χ3v) is 2.44. The van der Waals surface area contributed by atoms with Gasteiger partial charge in [0, 0.05) is 0 Å². The van der Waals surface area contributed by atoms with Gasteiger partial charge in [-0.15, -0.1) is 0 Å². The highest BCUT2D eigenvalue weighted by atomic mass is 17.1. The first-order valence-corrected chi connectivity index (χ1v) is 5.75. The normalized spacial score (nSPS) is 12.5. The Bertz CT molecular complexity index is 159. The number of aliphatic hydroxyl groups is 1.